The highest BCUT2D eigenvalue weighted by molar-refractivity contribution is 5.94. The molecule has 0 fully saturated rings. The molecular formula is C13H15N3. The number of hydrogen-bond donors (Lipinski definition) is 2. The Morgan fingerprint density at radius 2 is 2.25 bits per heavy atom. The predicted molar refractivity (Wildman–Crippen MR) is 66.3 cm³/mol. The van der Waals surface area contributed by atoms with E-state index in [1.807, 2.05) is 6.07 Å². The van der Waals surface area contributed by atoms with E-state index in [0.29, 0.717) is 0 Å². The lowest BCUT2D eigenvalue weighted by molar-refractivity contribution is 0.634. The molecule has 3 N–H and O–H groups in total. The zero-order valence-corrected chi connectivity index (χ0v) is 9.38. The Balaban J connectivity index is 2.39. The van der Waals surface area contributed by atoms with Crippen molar-refractivity contribution in [3.63, 3.8) is 0 Å². The Morgan fingerprint density at radius 3 is 3.12 bits per heavy atom. The van der Waals surface area contributed by atoms with Gasteiger partial charge in [-0.3, -0.25) is 4.98 Å². The highest BCUT2D eigenvalue weighted by Crippen LogP contribution is 2.29. The first-order valence-corrected chi connectivity index (χ1v) is 5.64. The summed E-state index contributed by atoms with van der Waals surface area (Å²) in [7, 11) is 0. The fourth-order valence-electron chi connectivity index (χ4n) is 2.37. The number of para-hydroxylation sites is 1. The first-order valence-electron chi connectivity index (χ1n) is 5.64. The molecule has 3 heteroatoms. The van der Waals surface area contributed by atoms with Crippen LogP contribution in [0, 0.1) is 6.92 Å². The molecule has 0 bridgehead atoms. The van der Waals surface area contributed by atoms with Gasteiger partial charge in [0.2, 0.25) is 0 Å². The van der Waals surface area contributed by atoms with E-state index < -0.39 is 0 Å². The van der Waals surface area contributed by atoms with Gasteiger partial charge in [0.15, 0.2) is 0 Å². The average Bonchev–Trinajstić information content (AvgIpc) is 2.31. The van der Waals surface area contributed by atoms with Crippen LogP contribution >= 0.6 is 0 Å². The molecule has 82 valence electrons. The molecule has 0 saturated heterocycles. The molecule has 0 unspecified atom stereocenters. The second kappa shape index (κ2) is 3.46. The van der Waals surface area contributed by atoms with Gasteiger partial charge < -0.3 is 11.1 Å². The van der Waals surface area contributed by atoms with Crippen molar-refractivity contribution in [2.45, 2.75) is 19.9 Å². The largest absolute Gasteiger partial charge is 0.398 e. The monoisotopic (exact) mass is 213 g/mol. The number of anilines is 1. The summed E-state index contributed by atoms with van der Waals surface area (Å²) in [6.45, 7) is 3.93. The number of aryl methyl sites for hydroxylation is 1. The van der Waals surface area contributed by atoms with Crippen LogP contribution in [0.1, 0.15) is 16.8 Å². The van der Waals surface area contributed by atoms with E-state index in [2.05, 4.69) is 24.4 Å². The van der Waals surface area contributed by atoms with Crippen molar-refractivity contribution in [2.75, 3.05) is 12.3 Å². The summed E-state index contributed by atoms with van der Waals surface area (Å²) in [5, 5.41) is 4.43. The van der Waals surface area contributed by atoms with Crippen LogP contribution in [0.5, 0.6) is 0 Å². The molecule has 16 heavy (non-hydrogen) atoms. The van der Waals surface area contributed by atoms with Crippen molar-refractivity contribution >= 4 is 16.6 Å². The van der Waals surface area contributed by atoms with Crippen molar-refractivity contribution in [3.8, 4) is 0 Å². The van der Waals surface area contributed by atoms with Gasteiger partial charge in [0, 0.05) is 41.8 Å². The Bertz CT molecular complexity index is 561. The van der Waals surface area contributed by atoms with Crippen molar-refractivity contribution in [3.05, 3.63) is 35.0 Å². The van der Waals surface area contributed by atoms with Crippen LogP contribution in [0.15, 0.2) is 18.2 Å². The number of pyridine rings is 1. The molecule has 0 spiro atoms. The van der Waals surface area contributed by atoms with Crippen LogP contribution in [-0.2, 0) is 13.0 Å². The van der Waals surface area contributed by atoms with E-state index in [1.165, 1.54) is 11.1 Å². The summed E-state index contributed by atoms with van der Waals surface area (Å²) in [5.41, 5.74) is 11.7. The maximum atomic E-state index is 6.23. The number of rotatable bonds is 0. The Hall–Kier alpha value is -1.61. The lowest BCUT2D eigenvalue weighted by Gasteiger charge is -2.20. The summed E-state index contributed by atoms with van der Waals surface area (Å²) >= 11 is 0. The van der Waals surface area contributed by atoms with Crippen LogP contribution in [0.2, 0.25) is 0 Å². The summed E-state index contributed by atoms with van der Waals surface area (Å²) in [6.07, 6.45) is 0.976. The molecule has 0 atom stereocenters. The Morgan fingerprint density at radius 1 is 1.38 bits per heavy atom. The van der Waals surface area contributed by atoms with E-state index in [9.17, 15) is 0 Å². The number of nitrogens with zero attached hydrogens (tertiary/aromatic N) is 1. The van der Waals surface area contributed by atoms with E-state index >= 15 is 0 Å². The van der Waals surface area contributed by atoms with Crippen molar-refractivity contribution in [1.82, 2.24) is 10.3 Å². The fourth-order valence-corrected chi connectivity index (χ4v) is 2.37. The molecule has 1 aliphatic rings. The predicted octanol–water partition coefficient (Wildman–Crippen LogP) is 1.77. The quantitative estimate of drug-likeness (QED) is 0.701. The topological polar surface area (TPSA) is 50.9 Å². The van der Waals surface area contributed by atoms with Crippen LogP contribution in [0.25, 0.3) is 10.9 Å². The molecule has 0 radical (unpaired) electrons. The number of nitrogen functional groups attached to an aromatic ring is 1. The zero-order valence-electron chi connectivity index (χ0n) is 9.38. The Kier molecular flexibility index (Phi) is 2.07. The summed E-state index contributed by atoms with van der Waals surface area (Å²) in [4.78, 5) is 4.76. The molecule has 1 aromatic heterocycles. The number of hydrogen-bond acceptors (Lipinski definition) is 3. The lowest BCUT2D eigenvalue weighted by Crippen LogP contribution is -2.25. The third-order valence-electron chi connectivity index (χ3n) is 3.29. The van der Waals surface area contributed by atoms with Crippen LogP contribution < -0.4 is 11.1 Å². The molecule has 0 amide bonds. The van der Waals surface area contributed by atoms with Crippen LogP contribution in [-0.4, -0.2) is 11.5 Å². The molecule has 3 rings (SSSR count). The van der Waals surface area contributed by atoms with Gasteiger partial charge in [0.05, 0.1) is 5.52 Å². The van der Waals surface area contributed by atoms with Gasteiger partial charge in [0.1, 0.15) is 0 Å². The first kappa shape index (κ1) is 9.60. The minimum atomic E-state index is 0.845. The summed E-state index contributed by atoms with van der Waals surface area (Å²) in [6, 6.07) is 6.18. The maximum Gasteiger partial charge on any atom is 0.0755 e. The zero-order chi connectivity index (χ0) is 11.1. The number of aromatic nitrogens is 1. The molecular weight excluding hydrogens is 198 g/mol. The molecule has 1 aromatic carbocycles. The second-order valence-corrected chi connectivity index (χ2v) is 4.35. The molecule has 0 saturated carbocycles. The minimum absolute atomic E-state index is 0.845. The van der Waals surface area contributed by atoms with Gasteiger partial charge >= 0.3 is 0 Å². The highest BCUT2D eigenvalue weighted by atomic mass is 14.9. The average molecular weight is 213 g/mol. The van der Waals surface area contributed by atoms with Crippen molar-refractivity contribution in [2.24, 2.45) is 0 Å². The van der Waals surface area contributed by atoms with E-state index in [0.717, 1.165) is 41.8 Å². The van der Waals surface area contributed by atoms with Crippen LogP contribution in [0.3, 0.4) is 0 Å². The summed E-state index contributed by atoms with van der Waals surface area (Å²) in [5.74, 6) is 0. The van der Waals surface area contributed by atoms with Gasteiger partial charge in [-0.05, 0) is 12.5 Å². The van der Waals surface area contributed by atoms with Crippen LogP contribution in [0.4, 0.5) is 5.69 Å². The third kappa shape index (κ3) is 1.28. The highest BCUT2D eigenvalue weighted by Gasteiger charge is 2.16. The number of fused-ring (bicyclic) bond motifs is 2. The van der Waals surface area contributed by atoms with Crippen molar-refractivity contribution < 1.29 is 0 Å². The summed E-state index contributed by atoms with van der Waals surface area (Å²) < 4.78 is 0. The lowest BCUT2D eigenvalue weighted by atomic mass is 10.00. The SMILES string of the molecule is Cc1cccc2c(N)c3c(nc12)CCNC3. The first-order chi connectivity index (χ1) is 7.77. The van der Waals surface area contributed by atoms with Crippen molar-refractivity contribution in [1.29, 1.82) is 0 Å². The fraction of sp³-hybridized carbons (Fsp3) is 0.308. The van der Waals surface area contributed by atoms with Gasteiger partial charge in [-0.2, -0.15) is 0 Å². The van der Waals surface area contributed by atoms with Gasteiger partial charge in [-0.15, -0.1) is 0 Å². The molecule has 1 aliphatic heterocycles. The second-order valence-electron chi connectivity index (χ2n) is 4.35. The standard InChI is InChI=1S/C13H15N3/c1-8-3-2-4-9-12(14)10-7-15-6-5-11(10)16-13(8)9/h2-4,15H,5-7H2,1H3,(H2,14,16). The van der Waals surface area contributed by atoms with E-state index in [1.54, 1.807) is 0 Å². The molecule has 0 aliphatic carbocycles. The number of benzene rings is 1. The van der Waals surface area contributed by atoms with Gasteiger partial charge in [-0.25, -0.2) is 0 Å². The van der Waals surface area contributed by atoms with Gasteiger partial charge in [0.25, 0.3) is 0 Å². The third-order valence-corrected chi connectivity index (χ3v) is 3.29. The minimum Gasteiger partial charge on any atom is -0.398 e. The number of nitrogens with one attached hydrogen (secondary N) is 1. The molecule has 2 heterocycles. The molecule has 3 nitrogen and oxygen atoms in total. The smallest absolute Gasteiger partial charge is 0.0755 e. The Labute approximate surface area is 94.7 Å². The normalized spacial score (nSPS) is 15.1. The van der Waals surface area contributed by atoms with E-state index in [4.69, 9.17) is 10.7 Å². The maximum absolute atomic E-state index is 6.23. The van der Waals surface area contributed by atoms with E-state index in [-0.39, 0.29) is 0 Å². The number of nitrogens with two attached hydrogens (primary N) is 1. The molecule has 2 aromatic rings. The van der Waals surface area contributed by atoms with Gasteiger partial charge in [-0.1, -0.05) is 18.2 Å².